The molecule has 0 bridgehead atoms. The van der Waals surface area contributed by atoms with E-state index < -0.39 is 0 Å². The molecule has 0 aliphatic carbocycles. The van der Waals surface area contributed by atoms with E-state index in [1.54, 1.807) is 0 Å². The lowest BCUT2D eigenvalue weighted by Gasteiger charge is -2.24. The number of benzene rings is 1. The van der Waals surface area contributed by atoms with Crippen molar-refractivity contribution < 1.29 is 0 Å². The molecule has 1 aromatic heterocycles. The fourth-order valence-electron chi connectivity index (χ4n) is 2.74. The smallest absolute Gasteiger partial charge is 0.0991 e. The lowest BCUT2D eigenvalue weighted by atomic mass is 10.0. The van der Waals surface area contributed by atoms with Crippen LogP contribution in [0.4, 0.5) is 0 Å². The van der Waals surface area contributed by atoms with Gasteiger partial charge < -0.3 is 9.88 Å². The summed E-state index contributed by atoms with van der Waals surface area (Å²) in [6, 6.07) is 10.3. The first-order chi connectivity index (χ1) is 9.86. The first-order valence-electron chi connectivity index (χ1n) is 7.09. The van der Waals surface area contributed by atoms with E-state index in [1.165, 1.54) is 30.5 Å². The average Bonchev–Trinajstić information content (AvgIpc) is 2.97. The van der Waals surface area contributed by atoms with Gasteiger partial charge >= 0.3 is 0 Å². The molecule has 4 nitrogen and oxygen atoms in total. The zero-order valence-corrected chi connectivity index (χ0v) is 11.4. The highest BCUT2D eigenvalue weighted by Gasteiger charge is 2.18. The predicted octanol–water partition coefficient (Wildman–Crippen LogP) is 2.62. The van der Waals surface area contributed by atoms with E-state index in [-0.39, 0.29) is 0 Å². The molecule has 2 aromatic rings. The first kappa shape index (κ1) is 12.9. The molecule has 1 aliphatic heterocycles. The minimum Gasteiger partial charge on any atom is -0.329 e. The maximum absolute atomic E-state index is 8.83. The van der Waals surface area contributed by atoms with Gasteiger partial charge in [0.15, 0.2) is 0 Å². The van der Waals surface area contributed by atoms with Crippen molar-refractivity contribution >= 4 is 0 Å². The number of nitrogens with one attached hydrogen (secondary N) is 1. The van der Waals surface area contributed by atoms with Gasteiger partial charge in [0.1, 0.15) is 0 Å². The van der Waals surface area contributed by atoms with Crippen molar-refractivity contribution in [2.75, 3.05) is 6.54 Å². The zero-order chi connectivity index (χ0) is 13.8. The van der Waals surface area contributed by atoms with Crippen LogP contribution in [0, 0.1) is 11.3 Å². The van der Waals surface area contributed by atoms with Crippen molar-refractivity contribution in [1.82, 2.24) is 14.9 Å². The second-order valence-corrected chi connectivity index (χ2v) is 5.26. The van der Waals surface area contributed by atoms with E-state index in [1.807, 2.05) is 36.8 Å². The Labute approximate surface area is 119 Å². The van der Waals surface area contributed by atoms with Crippen LogP contribution < -0.4 is 5.32 Å². The van der Waals surface area contributed by atoms with E-state index in [9.17, 15) is 0 Å². The lowest BCUT2D eigenvalue weighted by Crippen LogP contribution is -2.28. The van der Waals surface area contributed by atoms with Crippen molar-refractivity contribution in [3.63, 3.8) is 0 Å². The second-order valence-electron chi connectivity index (χ2n) is 5.26. The third-order valence-electron chi connectivity index (χ3n) is 3.85. The number of nitrogens with zero attached hydrogens (tertiary/aromatic N) is 3. The highest BCUT2D eigenvalue weighted by molar-refractivity contribution is 5.31. The van der Waals surface area contributed by atoms with Gasteiger partial charge in [0, 0.05) is 18.8 Å². The molecule has 0 radical (unpaired) electrons. The van der Waals surface area contributed by atoms with E-state index in [2.05, 4.69) is 20.9 Å². The lowest BCUT2D eigenvalue weighted by molar-refractivity contribution is 0.396. The van der Waals surface area contributed by atoms with Crippen LogP contribution in [0.5, 0.6) is 0 Å². The van der Waals surface area contributed by atoms with Gasteiger partial charge in [0.25, 0.3) is 0 Å². The summed E-state index contributed by atoms with van der Waals surface area (Å²) < 4.78 is 2.20. The zero-order valence-electron chi connectivity index (χ0n) is 11.4. The molecule has 20 heavy (non-hydrogen) atoms. The summed E-state index contributed by atoms with van der Waals surface area (Å²) in [6.45, 7) is 1.89. The normalized spacial score (nSPS) is 18.6. The standard InChI is InChI=1S/C16H18N4/c17-9-13-4-6-14(7-5-13)11-20-12-18-10-16(20)15-3-1-2-8-19-15/h4-7,10,12,15,19H,1-3,8,11H2. The van der Waals surface area contributed by atoms with Crippen LogP contribution in [-0.4, -0.2) is 16.1 Å². The molecule has 2 heterocycles. The van der Waals surface area contributed by atoms with E-state index in [0.29, 0.717) is 11.6 Å². The van der Waals surface area contributed by atoms with Gasteiger partial charge in [-0.25, -0.2) is 4.98 Å². The van der Waals surface area contributed by atoms with E-state index in [0.717, 1.165) is 13.1 Å². The maximum atomic E-state index is 8.83. The van der Waals surface area contributed by atoms with Crippen molar-refractivity contribution in [3.05, 3.63) is 53.6 Å². The van der Waals surface area contributed by atoms with Gasteiger partial charge in [-0.3, -0.25) is 0 Å². The summed E-state index contributed by atoms with van der Waals surface area (Å²) in [5.41, 5.74) is 3.15. The highest BCUT2D eigenvalue weighted by atomic mass is 15.1. The molecule has 0 amide bonds. The van der Waals surface area contributed by atoms with Crippen LogP contribution in [0.1, 0.15) is 42.1 Å². The van der Waals surface area contributed by atoms with Gasteiger partial charge in [-0.05, 0) is 37.1 Å². The number of piperidine rings is 1. The summed E-state index contributed by atoms with van der Waals surface area (Å²) in [7, 11) is 0. The molecule has 1 fully saturated rings. The quantitative estimate of drug-likeness (QED) is 0.929. The number of hydrogen-bond donors (Lipinski definition) is 1. The Morgan fingerprint density at radius 1 is 1.30 bits per heavy atom. The monoisotopic (exact) mass is 266 g/mol. The Bertz CT molecular complexity index is 600. The minimum atomic E-state index is 0.421. The maximum Gasteiger partial charge on any atom is 0.0991 e. The Morgan fingerprint density at radius 3 is 2.85 bits per heavy atom. The summed E-state index contributed by atoms with van der Waals surface area (Å²) in [6.07, 6.45) is 7.58. The van der Waals surface area contributed by atoms with Gasteiger partial charge in [-0.2, -0.15) is 5.26 Å². The SMILES string of the molecule is N#Cc1ccc(Cn2cncc2C2CCCCN2)cc1. The van der Waals surface area contributed by atoms with Gasteiger partial charge in [-0.15, -0.1) is 0 Å². The Kier molecular flexibility index (Phi) is 3.80. The summed E-state index contributed by atoms with van der Waals surface area (Å²) >= 11 is 0. The third kappa shape index (κ3) is 2.73. The molecule has 0 saturated carbocycles. The van der Waals surface area contributed by atoms with Crippen LogP contribution in [-0.2, 0) is 6.54 Å². The minimum absolute atomic E-state index is 0.421. The van der Waals surface area contributed by atoms with Gasteiger partial charge in [-0.1, -0.05) is 18.6 Å². The molecule has 102 valence electrons. The van der Waals surface area contributed by atoms with Crippen molar-refractivity contribution in [2.45, 2.75) is 31.8 Å². The fourth-order valence-corrected chi connectivity index (χ4v) is 2.74. The molecule has 1 atom stereocenters. The molecule has 1 aliphatic rings. The van der Waals surface area contributed by atoms with Crippen LogP contribution in [0.15, 0.2) is 36.8 Å². The van der Waals surface area contributed by atoms with Crippen LogP contribution in [0.25, 0.3) is 0 Å². The average molecular weight is 266 g/mol. The molecule has 1 N–H and O–H groups in total. The predicted molar refractivity (Wildman–Crippen MR) is 77.1 cm³/mol. The van der Waals surface area contributed by atoms with E-state index in [4.69, 9.17) is 5.26 Å². The van der Waals surface area contributed by atoms with Crippen molar-refractivity contribution in [1.29, 1.82) is 5.26 Å². The highest BCUT2D eigenvalue weighted by Crippen LogP contribution is 2.23. The first-order valence-corrected chi connectivity index (χ1v) is 7.09. The molecule has 3 rings (SSSR count). The number of nitriles is 1. The topological polar surface area (TPSA) is 53.6 Å². The Morgan fingerprint density at radius 2 is 2.15 bits per heavy atom. The molecule has 1 aromatic carbocycles. The number of hydrogen-bond acceptors (Lipinski definition) is 3. The Balaban J connectivity index is 1.77. The molecular weight excluding hydrogens is 248 g/mol. The van der Waals surface area contributed by atoms with E-state index >= 15 is 0 Å². The van der Waals surface area contributed by atoms with Crippen molar-refractivity contribution in [3.8, 4) is 6.07 Å². The van der Waals surface area contributed by atoms with Gasteiger partial charge in [0.05, 0.1) is 23.7 Å². The molecule has 4 heteroatoms. The van der Waals surface area contributed by atoms with Crippen LogP contribution in [0.2, 0.25) is 0 Å². The second kappa shape index (κ2) is 5.89. The summed E-state index contributed by atoms with van der Waals surface area (Å²) in [5, 5.41) is 12.4. The molecule has 1 unspecified atom stereocenters. The number of imidazole rings is 1. The molecule has 1 saturated heterocycles. The Hall–Kier alpha value is -2.12. The molecular formula is C16H18N4. The van der Waals surface area contributed by atoms with Crippen molar-refractivity contribution in [2.24, 2.45) is 0 Å². The molecule has 0 spiro atoms. The number of rotatable bonds is 3. The largest absolute Gasteiger partial charge is 0.329 e. The summed E-state index contributed by atoms with van der Waals surface area (Å²) in [5.74, 6) is 0. The fraction of sp³-hybridized carbons (Fsp3) is 0.375. The number of aromatic nitrogens is 2. The van der Waals surface area contributed by atoms with Crippen LogP contribution in [0.3, 0.4) is 0 Å². The summed E-state index contributed by atoms with van der Waals surface area (Å²) in [4.78, 5) is 4.30. The van der Waals surface area contributed by atoms with Crippen LogP contribution >= 0.6 is 0 Å². The van der Waals surface area contributed by atoms with Gasteiger partial charge in [0.2, 0.25) is 0 Å². The third-order valence-corrected chi connectivity index (χ3v) is 3.85.